The van der Waals surface area contributed by atoms with Crippen LogP contribution in [0.1, 0.15) is 74.1 Å². The van der Waals surface area contributed by atoms with Crippen LogP contribution < -0.4 is 5.32 Å². The van der Waals surface area contributed by atoms with Gasteiger partial charge in [0.15, 0.2) is 0 Å². The Bertz CT molecular complexity index is 633. The average Bonchev–Trinajstić information content (AvgIpc) is 2.61. The Morgan fingerprint density at radius 1 is 1.14 bits per heavy atom. The molecule has 1 rings (SSSR count). The number of amides is 2. The number of aliphatic carboxylic acids is 1. The predicted octanol–water partition coefficient (Wildman–Crippen LogP) is 3.86. The van der Waals surface area contributed by atoms with Crippen LogP contribution in [0.3, 0.4) is 0 Å². The van der Waals surface area contributed by atoms with Crippen molar-refractivity contribution in [2.75, 3.05) is 7.05 Å². The number of carbonyl (C=O) groups excluding carboxylic acids is 2. The van der Waals surface area contributed by atoms with Crippen LogP contribution in [0.15, 0.2) is 11.6 Å². The summed E-state index contributed by atoms with van der Waals surface area (Å²) in [5, 5.41) is 12.3. The predicted molar refractivity (Wildman–Crippen MR) is 115 cm³/mol. The van der Waals surface area contributed by atoms with Crippen molar-refractivity contribution in [3.8, 4) is 0 Å². The first-order valence-electron chi connectivity index (χ1n) is 10.8. The molecule has 0 aromatic rings. The van der Waals surface area contributed by atoms with E-state index in [-0.39, 0.29) is 35.3 Å². The number of carboxylic acid groups (broad SMARTS) is 1. The van der Waals surface area contributed by atoms with E-state index in [1.54, 1.807) is 18.0 Å². The Hall–Kier alpha value is -1.85. The fourth-order valence-electron chi connectivity index (χ4n) is 4.03. The van der Waals surface area contributed by atoms with Crippen LogP contribution in [-0.2, 0) is 14.4 Å². The van der Waals surface area contributed by atoms with Crippen molar-refractivity contribution in [2.24, 2.45) is 23.2 Å². The van der Waals surface area contributed by atoms with Crippen molar-refractivity contribution in [3.05, 3.63) is 11.6 Å². The largest absolute Gasteiger partial charge is 0.478 e. The minimum absolute atomic E-state index is 0.0351. The van der Waals surface area contributed by atoms with Crippen LogP contribution in [0.25, 0.3) is 0 Å². The number of nitrogens with zero attached hydrogens (tertiary/aromatic N) is 1. The Balaban J connectivity index is 3.10. The second kappa shape index (κ2) is 10.3. The first-order chi connectivity index (χ1) is 13.3. The number of likely N-dealkylation sites (N-methyl/N-ethyl adjacent to an activating group) is 1. The fourth-order valence-corrected chi connectivity index (χ4v) is 4.03. The molecule has 0 saturated heterocycles. The zero-order valence-electron chi connectivity index (χ0n) is 19.4. The normalized spacial score (nSPS) is 22.7. The molecule has 1 aliphatic rings. The molecule has 0 aliphatic heterocycles. The van der Waals surface area contributed by atoms with Gasteiger partial charge in [-0.1, -0.05) is 60.5 Å². The number of hydrogen-bond donors (Lipinski definition) is 2. The number of carbonyl (C=O) groups is 3. The zero-order valence-corrected chi connectivity index (χ0v) is 19.4. The molecule has 0 aromatic heterocycles. The molecule has 0 spiro atoms. The minimum Gasteiger partial charge on any atom is -0.478 e. The van der Waals surface area contributed by atoms with Gasteiger partial charge in [0.05, 0.1) is 6.04 Å². The zero-order chi connectivity index (χ0) is 22.5. The molecule has 0 aromatic carbocycles. The second-order valence-electron chi connectivity index (χ2n) is 10.0. The molecule has 0 heterocycles. The number of carboxylic acids is 1. The van der Waals surface area contributed by atoms with E-state index in [0.29, 0.717) is 5.92 Å². The van der Waals surface area contributed by atoms with E-state index in [2.05, 4.69) is 12.2 Å². The second-order valence-corrected chi connectivity index (χ2v) is 10.0. The van der Waals surface area contributed by atoms with Gasteiger partial charge < -0.3 is 15.3 Å². The molecule has 2 amide bonds. The standard InChI is InChI=1S/C23H40N2O4/c1-14(2)18(13-16(4)22(28)29)25(8)21(27)19(23(5,6)7)24-20(26)17-12-10-9-11-15(17)3/h13-15,17-19H,9-12H2,1-8H3,(H,24,26)(H,28,29)/b16-13+/t15?,17?,18-,19?/m1/s1. The van der Waals surface area contributed by atoms with Gasteiger partial charge in [0.25, 0.3) is 0 Å². The lowest BCUT2D eigenvalue weighted by Gasteiger charge is -2.38. The van der Waals surface area contributed by atoms with Gasteiger partial charge in [0, 0.05) is 18.5 Å². The molecule has 3 unspecified atom stereocenters. The van der Waals surface area contributed by atoms with E-state index in [1.165, 1.54) is 6.92 Å². The van der Waals surface area contributed by atoms with E-state index < -0.39 is 17.4 Å². The molecule has 0 radical (unpaired) electrons. The number of rotatable bonds is 7. The first kappa shape index (κ1) is 25.2. The van der Waals surface area contributed by atoms with Crippen molar-refractivity contribution < 1.29 is 19.5 Å². The Morgan fingerprint density at radius 3 is 2.14 bits per heavy atom. The van der Waals surface area contributed by atoms with Crippen molar-refractivity contribution >= 4 is 17.8 Å². The lowest BCUT2D eigenvalue weighted by atomic mass is 9.79. The minimum atomic E-state index is -0.997. The van der Waals surface area contributed by atoms with Crippen LogP contribution in [0.2, 0.25) is 0 Å². The van der Waals surface area contributed by atoms with Gasteiger partial charge in [-0.25, -0.2) is 4.79 Å². The molecule has 1 saturated carbocycles. The van der Waals surface area contributed by atoms with Crippen molar-refractivity contribution in [2.45, 2.75) is 86.2 Å². The van der Waals surface area contributed by atoms with Crippen LogP contribution in [0.5, 0.6) is 0 Å². The van der Waals surface area contributed by atoms with Gasteiger partial charge in [0.1, 0.15) is 6.04 Å². The molecular weight excluding hydrogens is 368 g/mol. The molecule has 166 valence electrons. The van der Waals surface area contributed by atoms with Crippen LogP contribution in [-0.4, -0.2) is 46.9 Å². The van der Waals surface area contributed by atoms with Gasteiger partial charge >= 0.3 is 5.97 Å². The molecule has 6 nitrogen and oxygen atoms in total. The van der Waals surface area contributed by atoms with Crippen molar-refractivity contribution in [1.29, 1.82) is 0 Å². The first-order valence-corrected chi connectivity index (χ1v) is 10.8. The maximum Gasteiger partial charge on any atom is 0.331 e. The summed E-state index contributed by atoms with van der Waals surface area (Å²) in [4.78, 5) is 39.3. The third kappa shape index (κ3) is 6.86. The summed E-state index contributed by atoms with van der Waals surface area (Å²) in [6, 6.07) is -1.04. The molecule has 29 heavy (non-hydrogen) atoms. The quantitative estimate of drug-likeness (QED) is 0.626. The van der Waals surface area contributed by atoms with Gasteiger partial charge in [0.2, 0.25) is 11.8 Å². The Labute approximate surface area is 176 Å². The van der Waals surface area contributed by atoms with E-state index in [0.717, 1.165) is 25.7 Å². The van der Waals surface area contributed by atoms with Gasteiger partial charge in [-0.05, 0) is 37.0 Å². The Morgan fingerprint density at radius 2 is 1.69 bits per heavy atom. The lowest BCUT2D eigenvalue weighted by Crippen LogP contribution is -2.57. The van der Waals surface area contributed by atoms with Crippen molar-refractivity contribution in [1.82, 2.24) is 10.2 Å². The van der Waals surface area contributed by atoms with Crippen LogP contribution in [0, 0.1) is 23.2 Å². The highest BCUT2D eigenvalue weighted by molar-refractivity contribution is 5.90. The molecule has 4 atom stereocenters. The van der Waals surface area contributed by atoms with E-state index >= 15 is 0 Å². The van der Waals surface area contributed by atoms with Gasteiger partial charge in [-0.2, -0.15) is 0 Å². The highest BCUT2D eigenvalue weighted by atomic mass is 16.4. The summed E-state index contributed by atoms with van der Waals surface area (Å²) < 4.78 is 0. The average molecular weight is 409 g/mol. The lowest BCUT2D eigenvalue weighted by molar-refractivity contribution is -0.141. The van der Waals surface area contributed by atoms with Gasteiger partial charge in [-0.15, -0.1) is 0 Å². The molecule has 6 heteroatoms. The Kier molecular flexibility index (Phi) is 8.91. The molecular formula is C23H40N2O4. The van der Waals surface area contributed by atoms with Crippen molar-refractivity contribution in [3.63, 3.8) is 0 Å². The summed E-state index contributed by atoms with van der Waals surface area (Å²) in [6.07, 6.45) is 5.73. The molecule has 2 N–H and O–H groups in total. The molecule has 0 bridgehead atoms. The summed E-state index contributed by atoms with van der Waals surface area (Å²) in [5.74, 6) is -0.931. The summed E-state index contributed by atoms with van der Waals surface area (Å²) in [5.41, 5.74) is -0.262. The monoisotopic (exact) mass is 408 g/mol. The van der Waals surface area contributed by atoms with Gasteiger partial charge in [-0.3, -0.25) is 9.59 Å². The highest BCUT2D eigenvalue weighted by Gasteiger charge is 2.39. The smallest absolute Gasteiger partial charge is 0.331 e. The van der Waals surface area contributed by atoms with E-state index in [4.69, 9.17) is 0 Å². The SMILES string of the molecule is C/C(=C\[C@H](C(C)C)N(C)C(=O)C(NC(=O)C1CCCCC1C)C(C)(C)C)C(=O)O. The summed E-state index contributed by atoms with van der Waals surface area (Å²) >= 11 is 0. The van der Waals surface area contributed by atoms with Crippen LogP contribution in [0.4, 0.5) is 0 Å². The fraction of sp³-hybridized carbons (Fsp3) is 0.783. The molecule has 1 aliphatic carbocycles. The summed E-state index contributed by atoms with van der Waals surface area (Å²) in [7, 11) is 1.69. The summed E-state index contributed by atoms with van der Waals surface area (Å²) in [6.45, 7) is 13.4. The third-order valence-corrected chi connectivity index (χ3v) is 6.08. The molecule has 1 fully saturated rings. The van der Waals surface area contributed by atoms with E-state index in [9.17, 15) is 19.5 Å². The number of nitrogens with one attached hydrogen (secondary N) is 1. The third-order valence-electron chi connectivity index (χ3n) is 6.08. The maximum absolute atomic E-state index is 13.4. The number of hydrogen-bond acceptors (Lipinski definition) is 3. The maximum atomic E-state index is 13.4. The van der Waals surface area contributed by atoms with Crippen LogP contribution >= 0.6 is 0 Å². The van der Waals surface area contributed by atoms with E-state index in [1.807, 2.05) is 34.6 Å². The topological polar surface area (TPSA) is 86.7 Å². The highest BCUT2D eigenvalue weighted by Crippen LogP contribution is 2.31.